The molecule has 2 saturated heterocycles. The molecule has 1 atom stereocenters. The molecule has 0 N–H and O–H groups in total. The maximum Gasteiger partial charge on any atom is 0.276 e. The van der Waals surface area contributed by atoms with Crippen LogP contribution in [0.15, 0.2) is 15.1 Å². The Hall–Kier alpha value is -2.15. The van der Waals surface area contributed by atoms with Crippen LogP contribution in [0, 0.1) is 20.8 Å². The molecule has 4 rings (SSSR count). The Labute approximate surface area is 146 Å². The zero-order valence-corrected chi connectivity index (χ0v) is 15.0. The van der Waals surface area contributed by atoms with Gasteiger partial charge in [-0.1, -0.05) is 10.3 Å². The van der Waals surface area contributed by atoms with Crippen LogP contribution in [0.5, 0.6) is 0 Å². The van der Waals surface area contributed by atoms with E-state index >= 15 is 0 Å². The molecular formula is C18H24N4O3. The van der Waals surface area contributed by atoms with E-state index in [1.54, 1.807) is 13.0 Å². The van der Waals surface area contributed by atoms with Gasteiger partial charge < -0.3 is 13.9 Å². The van der Waals surface area contributed by atoms with Gasteiger partial charge in [-0.25, -0.2) is 0 Å². The van der Waals surface area contributed by atoms with E-state index in [0.29, 0.717) is 11.5 Å². The summed E-state index contributed by atoms with van der Waals surface area (Å²) in [5, 5.41) is 7.95. The van der Waals surface area contributed by atoms with Crippen molar-refractivity contribution in [1.82, 2.24) is 20.1 Å². The highest BCUT2D eigenvalue weighted by atomic mass is 16.5. The van der Waals surface area contributed by atoms with Gasteiger partial charge in [-0.3, -0.25) is 9.69 Å². The predicted octanol–water partition coefficient (Wildman–Crippen LogP) is 2.47. The number of piperidine rings is 1. The molecule has 2 aliphatic rings. The molecule has 4 heterocycles. The van der Waals surface area contributed by atoms with Crippen molar-refractivity contribution in [2.45, 2.75) is 52.1 Å². The quantitative estimate of drug-likeness (QED) is 0.851. The van der Waals surface area contributed by atoms with Crippen molar-refractivity contribution in [3.05, 3.63) is 34.5 Å². The summed E-state index contributed by atoms with van der Waals surface area (Å²) in [6.07, 6.45) is 3.26. The molecule has 0 aliphatic carbocycles. The molecule has 0 radical (unpaired) electrons. The first-order chi connectivity index (χ1) is 12.0. The normalized spacial score (nSPS) is 23.9. The standard InChI is InChI=1S/C18H24N4O3/c1-12-9-16(20-24-12)17(23)21-7-4-5-18(11-21)6-8-22(18)10-15-13(2)19-25-14(15)3/h9H,4-8,10-11H2,1-3H3/t18-/m0/s1. The molecule has 0 aromatic carbocycles. The van der Waals surface area contributed by atoms with E-state index in [1.165, 1.54) is 5.56 Å². The molecule has 2 aromatic rings. The topological polar surface area (TPSA) is 75.6 Å². The molecule has 1 amide bonds. The fourth-order valence-corrected chi connectivity index (χ4v) is 4.13. The first-order valence-corrected chi connectivity index (χ1v) is 8.88. The number of likely N-dealkylation sites (tertiary alicyclic amines) is 2. The molecule has 0 unspecified atom stereocenters. The highest BCUT2D eigenvalue weighted by Crippen LogP contribution is 2.40. The summed E-state index contributed by atoms with van der Waals surface area (Å²) in [6, 6.07) is 1.71. The zero-order valence-electron chi connectivity index (χ0n) is 15.0. The van der Waals surface area contributed by atoms with Gasteiger partial charge in [-0.2, -0.15) is 0 Å². The minimum absolute atomic E-state index is 0.0277. The van der Waals surface area contributed by atoms with Crippen molar-refractivity contribution in [3.63, 3.8) is 0 Å². The molecule has 25 heavy (non-hydrogen) atoms. The summed E-state index contributed by atoms with van der Waals surface area (Å²) in [6.45, 7) is 9.18. The number of carbonyl (C=O) groups is 1. The fraction of sp³-hybridized carbons (Fsp3) is 0.611. The van der Waals surface area contributed by atoms with Crippen LogP contribution in [0.1, 0.15) is 52.5 Å². The van der Waals surface area contributed by atoms with Crippen LogP contribution in [0.25, 0.3) is 0 Å². The Kier molecular flexibility index (Phi) is 3.91. The van der Waals surface area contributed by atoms with Crippen LogP contribution in [0.3, 0.4) is 0 Å². The number of aromatic nitrogens is 2. The monoisotopic (exact) mass is 344 g/mol. The second-order valence-corrected chi connectivity index (χ2v) is 7.35. The van der Waals surface area contributed by atoms with Gasteiger partial charge in [-0.05, 0) is 40.0 Å². The SMILES string of the molecule is Cc1cc(C(=O)N2CCC[C@]3(CCN3Cc3c(C)noc3C)C2)no1. The average molecular weight is 344 g/mol. The maximum atomic E-state index is 12.7. The molecule has 2 aromatic heterocycles. The van der Waals surface area contributed by atoms with E-state index in [-0.39, 0.29) is 11.4 Å². The van der Waals surface area contributed by atoms with Crippen LogP contribution >= 0.6 is 0 Å². The van der Waals surface area contributed by atoms with Gasteiger partial charge in [-0.15, -0.1) is 0 Å². The number of carbonyl (C=O) groups excluding carboxylic acids is 1. The molecule has 1 spiro atoms. The highest BCUT2D eigenvalue weighted by molar-refractivity contribution is 5.92. The average Bonchev–Trinajstić information content (AvgIpc) is 3.17. The number of rotatable bonds is 3. The fourth-order valence-electron chi connectivity index (χ4n) is 4.13. The van der Waals surface area contributed by atoms with Crippen molar-refractivity contribution in [3.8, 4) is 0 Å². The van der Waals surface area contributed by atoms with Gasteiger partial charge in [0.1, 0.15) is 11.5 Å². The minimum Gasteiger partial charge on any atom is -0.361 e. The predicted molar refractivity (Wildman–Crippen MR) is 90.1 cm³/mol. The van der Waals surface area contributed by atoms with Gasteiger partial charge in [0.05, 0.1) is 5.69 Å². The molecule has 2 aliphatic heterocycles. The third kappa shape index (κ3) is 2.76. The molecule has 7 nitrogen and oxygen atoms in total. The van der Waals surface area contributed by atoms with E-state index in [0.717, 1.165) is 56.9 Å². The minimum atomic E-state index is -0.0277. The zero-order chi connectivity index (χ0) is 17.6. The van der Waals surface area contributed by atoms with E-state index in [1.807, 2.05) is 18.7 Å². The number of aryl methyl sites for hydroxylation is 3. The van der Waals surface area contributed by atoms with Crippen molar-refractivity contribution in [2.24, 2.45) is 0 Å². The Morgan fingerprint density at radius 3 is 2.64 bits per heavy atom. The molecule has 2 fully saturated rings. The van der Waals surface area contributed by atoms with Crippen molar-refractivity contribution in [1.29, 1.82) is 0 Å². The van der Waals surface area contributed by atoms with Gasteiger partial charge >= 0.3 is 0 Å². The van der Waals surface area contributed by atoms with Crippen molar-refractivity contribution in [2.75, 3.05) is 19.6 Å². The Bertz CT molecular complexity index is 777. The van der Waals surface area contributed by atoms with Gasteiger partial charge in [0.25, 0.3) is 5.91 Å². The number of hydrogen-bond donors (Lipinski definition) is 0. The lowest BCUT2D eigenvalue weighted by Gasteiger charge is -2.57. The third-order valence-corrected chi connectivity index (χ3v) is 5.74. The summed E-state index contributed by atoms with van der Waals surface area (Å²) in [7, 11) is 0. The summed E-state index contributed by atoms with van der Waals surface area (Å²) in [4.78, 5) is 17.1. The summed E-state index contributed by atoms with van der Waals surface area (Å²) < 4.78 is 10.4. The van der Waals surface area contributed by atoms with Crippen LogP contribution < -0.4 is 0 Å². The second kappa shape index (κ2) is 5.98. The van der Waals surface area contributed by atoms with E-state index in [4.69, 9.17) is 9.05 Å². The lowest BCUT2D eigenvalue weighted by Crippen LogP contribution is -2.67. The van der Waals surface area contributed by atoms with Gasteiger partial charge in [0.2, 0.25) is 0 Å². The summed E-state index contributed by atoms with van der Waals surface area (Å²) >= 11 is 0. The summed E-state index contributed by atoms with van der Waals surface area (Å²) in [5.41, 5.74) is 2.62. The lowest BCUT2D eigenvalue weighted by atomic mass is 9.77. The number of nitrogens with zero attached hydrogens (tertiary/aromatic N) is 4. The van der Waals surface area contributed by atoms with Crippen molar-refractivity contribution < 1.29 is 13.8 Å². The van der Waals surface area contributed by atoms with Crippen LogP contribution in [0.4, 0.5) is 0 Å². The first-order valence-electron chi connectivity index (χ1n) is 8.88. The first kappa shape index (κ1) is 16.3. The molecule has 134 valence electrons. The Balaban J connectivity index is 1.49. The molecule has 0 saturated carbocycles. The molecular weight excluding hydrogens is 320 g/mol. The molecule has 7 heteroatoms. The second-order valence-electron chi connectivity index (χ2n) is 7.35. The van der Waals surface area contributed by atoms with Gasteiger partial charge in [0, 0.05) is 43.3 Å². The maximum absolute atomic E-state index is 12.7. The van der Waals surface area contributed by atoms with E-state index in [9.17, 15) is 4.79 Å². The summed E-state index contributed by atoms with van der Waals surface area (Å²) in [5.74, 6) is 1.53. The smallest absolute Gasteiger partial charge is 0.276 e. The van der Waals surface area contributed by atoms with Crippen LogP contribution in [-0.4, -0.2) is 51.2 Å². The van der Waals surface area contributed by atoms with Crippen molar-refractivity contribution >= 4 is 5.91 Å². The highest BCUT2D eigenvalue weighted by Gasteiger charge is 2.48. The molecule has 0 bridgehead atoms. The van der Waals surface area contributed by atoms with Crippen LogP contribution in [0.2, 0.25) is 0 Å². The number of hydrogen-bond acceptors (Lipinski definition) is 6. The largest absolute Gasteiger partial charge is 0.361 e. The van der Waals surface area contributed by atoms with E-state index < -0.39 is 0 Å². The lowest BCUT2D eigenvalue weighted by molar-refractivity contribution is -0.0652. The Morgan fingerprint density at radius 2 is 2.04 bits per heavy atom. The number of amides is 1. The third-order valence-electron chi connectivity index (χ3n) is 5.74. The Morgan fingerprint density at radius 1 is 1.20 bits per heavy atom. The van der Waals surface area contributed by atoms with E-state index in [2.05, 4.69) is 15.2 Å². The van der Waals surface area contributed by atoms with Gasteiger partial charge in [0.15, 0.2) is 5.69 Å². The van der Waals surface area contributed by atoms with Crippen LogP contribution in [-0.2, 0) is 6.54 Å².